The molecule has 0 spiro atoms. The fourth-order valence-electron chi connectivity index (χ4n) is 4.39. The molecule has 1 atom stereocenters. The molecule has 1 fully saturated rings. The number of carbonyl (C=O) groups excluding carboxylic acids is 3. The first-order chi connectivity index (χ1) is 20.2. The van der Waals surface area contributed by atoms with E-state index in [9.17, 15) is 27.6 Å². The lowest BCUT2D eigenvalue weighted by molar-refractivity contribution is -0.137. The van der Waals surface area contributed by atoms with Gasteiger partial charge in [-0.05, 0) is 65.8 Å². The number of pyridine rings is 1. The van der Waals surface area contributed by atoms with Gasteiger partial charge in [0.1, 0.15) is 11.9 Å². The predicted molar refractivity (Wildman–Crippen MR) is 151 cm³/mol. The molecule has 0 aliphatic heterocycles. The Morgan fingerprint density at radius 3 is 2.17 bits per heavy atom. The van der Waals surface area contributed by atoms with Crippen molar-refractivity contribution in [1.82, 2.24) is 15.6 Å². The average molecular weight is 573 g/mol. The molecule has 42 heavy (non-hydrogen) atoms. The molecular formula is C32H27F3N4O3. The Balaban J connectivity index is 1.27. The number of nitrogens with one attached hydrogen (secondary N) is 3. The third-order valence-corrected chi connectivity index (χ3v) is 6.89. The first-order valence-corrected chi connectivity index (χ1v) is 13.4. The Morgan fingerprint density at radius 1 is 0.833 bits per heavy atom. The minimum Gasteiger partial charge on any atom is -0.354 e. The van der Waals surface area contributed by atoms with E-state index >= 15 is 0 Å². The summed E-state index contributed by atoms with van der Waals surface area (Å²) in [5.41, 5.74) is 1.19. The van der Waals surface area contributed by atoms with Gasteiger partial charge in [-0.15, -0.1) is 0 Å². The summed E-state index contributed by atoms with van der Waals surface area (Å²) in [6, 6.07) is 22.1. The molecule has 5 rings (SSSR count). The van der Waals surface area contributed by atoms with Crippen LogP contribution in [0.15, 0.2) is 97.2 Å². The van der Waals surface area contributed by atoms with Gasteiger partial charge >= 0.3 is 6.18 Å². The summed E-state index contributed by atoms with van der Waals surface area (Å²) in [6.45, 7) is 0.565. The molecule has 10 heteroatoms. The van der Waals surface area contributed by atoms with Gasteiger partial charge < -0.3 is 16.0 Å². The van der Waals surface area contributed by atoms with E-state index in [0.717, 1.165) is 25.0 Å². The number of rotatable bonds is 9. The van der Waals surface area contributed by atoms with Crippen LogP contribution in [0.1, 0.15) is 50.7 Å². The summed E-state index contributed by atoms with van der Waals surface area (Å²) < 4.78 is 38.9. The zero-order valence-corrected chi connectivity index (χ0v) is 22.3. The van der Waals surface area contributed by atoms with Gasteiger partial charge in [-0.2, -0.15) is 13.2 Å². The molecule has 1 aliphatic carbocycles. The second-order valence-electron chi connectivity index (χ2n) is 10.0. The van der Waals surface area contributed by atoms with Crippen LogP contribution < -0.4 is 16.0 Å². The fourth-order valence-corrected chi connectivity index (χ4v) is 4.39. The average Bonchev–Trinajstić information content (AvgIpc) is 3.84. The van der Waals surface area contributed by atoms with Gasteiger partial charge in [0.15, 0.2) is 0 Å². The van der Waals surface area contributed by atoms with Crippen LogP contribution >= 0.6 is 0 Å². The number of alkyl halides is 3. The monoisotopic (exact) mass is 572 g/mol. The molecule has 0 radical (unpaired) electrons. The number of aromatic nitrogens is 1. The summed E-state index contributed by atoms with van der Waals surface area (Å²) in [5.74, 6) is -0.685. The third kappa shape index (κ3) is 7.01. The molecule has 214 valence electrons. The smallest absolute Gasteiger partial charge is 0.354 e. The molecule has 3 aromatic carbocycles. The van der Waals surface area contributed by atoms with Crippen molar-refractivity contribution in [3.05, 3.63) is 119 Å². The largest absolute Gasteiger partial charge is 0.416 e. The first-order valence-electron chi connectivity index (χ1n) is 13.4. The molecule has 1 saturated carbocycles. The van der Waals surface area contributed by atoms with Gasteiger partial charge in [0.05, 0.1) is 11.1 Å². The zero-order chi connectivity index (χ0) is 29.7. The van der Waals surface area contributed by atoms with Gasteiger partial charge in [0, 0.05) is 18.3 Å². The molecule has 0 bridgehead atoms. The van der Waals surface area contributed by atoms with Gasteiger partial charge in [-0.1, -0.05) is 60.7 Å². The molecule has 1 heterocycles. The Hall–Kier alpha value is -4.99. The number of carbonyl (C=O) groups is 3. The lowest BCUT2D eigenvalue weighted by Gasteiger charge is -2.19. The second kappa shape index (κ2) is 12.3. The van der Waals surface area contributed by atoms with Crippen LogP contribution in [0.25, 0.3) is 11.1 Å². The topological polar surface area (TPSA) is 100 Å². The molecule has 7 nitrogen and oxygen atoms in total. The van der Waals surface area contributed by atoms with E-state index in [-0.39, 0.29) is 22.9 Å². The fraction of sp³-hybridized carbons (Fsp3) is 0.188. The highest BCUT2D eigenvalue weighted by molar-refractivity contribution is 6.08. The van der Waals surface area contributed by atoms with Crippen LogP contribution in [0.2, 0.25) is 0 Å². The normalized spacial score (nSPS) is 13.6. The van der Waals surface area contributed by atoms with Crippen molar-refractivity contribution < 1.29 is 27.6 Å². The zero-order valence-electron chi connectivity index (χ0n) is 22.3. The van der Waals surface area contributed by atoms with Crippen LogP contribution in [-0.2, 0) is 11.0 Å². The molecule has 0 saturated heterocycles. The number of benzene rings is 3. The lowest BCUT2D eigenvalue weighted by atomic mass is 9.98. The molecule has 1 aliphatic rings. The number of halogens is 3. The van der Waals surface area contributed by atoms with Crippen molar-refractivity contribution in [3.63, 3.8) is 0 Å². The maximum absolute atomic E-state index is 13.1. The van der Waals surface area contributed by atoms with Crippen molar-refractivity contribution in [2.24, 2.45) is 5.92 Å². The van der Waals surface area contributed by atoms with E-state index < -0.39 is 29.6 Å². The highest BCUT2D eigenvalue weighted by Crippen LogP contribution is 2.32. The van der Waals surface area contributed by atoms with Crippen molar-refractivity contribution in [3.8, 4) is 11.1 Å². The quantitative estimate of drug-likeness (QED) is 0.229. The van der Waals surface area contributed by atoms with Gasteiger partial charge in [-0.25, -0.2) is 4.98 Å². The van der Waals surface area contributed by atoms with Crippen molar-refractivity contribution in [1.29, 1.82) is 0 Å². The SMILES string of the molecule is O=C(N[C@H](C(=O)NCC1CC1)c1ccccc1)c1ccc(NC(=O)c2ccccc2-c2ccc(C(F)(F)F)cc2)nc1. The molecule has 3 N–H and O–H groups in total. The summed E-state index contributed by atoms with van der Waals surface area (Å²) in [6.07, 6.45) is -1.01. The van der Waals surface area contributed by atoms with Crippen molar-refractivity contribution in [2.45, 2.75) is 25.1 Å². The number of amides is 3. The molecule has 3 amide bonds. The lowest BCUT2D eigenvalue weighted by Crippen LogP contribution is -2.41. The Labute approximate surface area is 240 Å². The van der Waals surface area contributed by atoms with E-state index in [0.29, 0.717) is 29.2 Å². The summed E-state index contributed by atoms with van der Waals surface area (Å²) in [4.78, 5) is 43.2. The Morgan fingerprint density at radius 2 is 1.52 bits per heavy atom. The predicted octanol–water partition coefficient (Wildman–Crippen LogP) is 6.02. The molecule has 0 unspecified atom stereocenters. The summed E-state index contributed by atoms with van der Waals surface area (Å²) >= 11 is 0. The van der Waals surface area contributed by atoms with Crippen LogP contribution in [0.3, 0.4) is 0 Å². The Bertz CT molecular complexity index is 1570. The maximum atomic E-state index is 13.1. The van der Waals surface area contributed by atoms with Crippen LogP contribution in [0, 0.1) is 5.92 Å². The summed E-state index contributed by atoms with van der Waals surface area (Å²) in [5, 5.41) is 8.34. The van der Waals surface area contributed by atoms with Gasteiger partial charge in [0.2, 0.25) is 5.91 Å². The van der Waals surface area contributed by atoms with E-state index in [1.54, 1.807) is 48.5 Å². The molecule has 1 aromatic heterocycles. The Kier molecular flexibility index (Phi) is 8.33. The van der Waals surface area contributed by atoms with Crippen molar-refractivity contribution >= 4 is 23.5 Å². The first kappa shape index (κ1) is 28.5. The van der Waals surface area contributed by atoms with Crippen LogP contribution in [0.5, 0.6) is 0 Å². The number of hydrogen-bond donors (Lipinski definition) is 3. The maximum Gasteiger partial charge on any atom is 0.416 e. The number of hydrogen-bond acceptors (Lipinski definition) is 4. The van der Waals surface area contributed by atoms with E-state index in [1.807, 2.05) is 6.07 Å². The van der Waals surface area contributed by atoms with E-state index in [2.05, 4.69) is 20.9 Å². The van der Waals surface area contributed by atoms with Crippen LogP contribution in [0.4, 0.5) is 19.0 Å². The molecule has 4 aromatic rings. The van der Waals surface area contributed by atoms with E-state index in [1.165, 1.54) is 30.5 Å². The van der Waals surface area contributed by atoms with E-state index in [4.69, 9.17) is 0 Å². The third-order valence-electron chi connectivity index (χ3n) is 6.89. The van der Waals surface area contributed by atoms with Crippen molar-refractivity contribution in [2.75, 3.05) is 11.9 Å². The highest BCUT2D eigenvalue weighted by Gasteiger charge is 2.30. The number of anilines is 1. The second-order valence-corrected chi connectivity index (χ2v) is 10.0. The number of nitrogens with zero attached hydrogens (tertiary/aromatic N) is 1. The molecular weight excluding hydrogens is 545 g/mol. The minimum absolute atomic E-state index is 0.167. The van der Waals surface area contributed by atoms with Gasteiger partial charge in [-0.3, -0.25) is 14.4 Å². The summed E-state index contributed by atoms with van der Waals surface area (Å²) in [7, 11) is 0. The highest BCUT2D eigenvalue weighted by atomic mass is 19.4. The minimum atomic E-state index is -4.46. The van der Waals surface area contributed by atoms with Gasteiger partial charge in [0.25, 0.3) is 11.8 Å². The van der Waals surface area contributed by atoms with Crippen LogP contribution in [-0.4, -0.2) is 29.3 Å². The standard InChI is InChI=1S/C32H27F3N4O3/c33-32(34,35)24-15-12-21(13-16-24)25-8-4-5-9-26(25)30(41)38-27-17-14-23(19-36-27)29(40)39-28(22-6-2-1-3-7-22)31(42)37-18-20-10-11-20/h1-9,12-17,19-20,28H,10-11,18H2,(H,37,42)(H,39,40)(H,36,38,41)/t28-/m0/s1.